The molecule has 4 nitrogen and oxygen atoms in total. The largest absolute Gasteiger partial charge is 0.433 e. The molecule has 130 valence electrons. The van der Waals surface area contributed by atoms with Crippen LogP contribution in [-0.2, 0) is 12.7 Å². The summed E-state index contributed by atoms with van der Waals surface area (Å²) in [4.78, 5) is 7.69. The lowest BCUT2D eigenvalue weighted by Gasteiger charge is -2.21. The number of aromatic nitrogens is 2. The predicted molar refractivity (Wildman–Crippen MR) is 91.9 cm³/mol. The third kappa shape index (κ3) is 5.36. The molecule has 0 aliphatic carbocycles. The molecule has 1 heterocycles. The lowest BCUT2D eigenvalue weighted by Crippen LogP contribution is -2.28. The Morgan fingerprint density at radius 1 is 1.08 bits per heavy atom. The van der Waals surface area contributed by atoms with Crippen molar-refractivity contribution in [2.45, 2.75) is 39.0 Å². The van der Waals surface area contributed by atoms with Crippen LogP contribution in [0.25, 0.3) is 0 Å². The molecule has 8 heteroatoms. The van der Waals surface area contributed by atoms with Crippen molar-refractivity contribution in [3.63, 3.8) is 0 Å². The number of nitrogens with zero attached hydrogens (tertiary/aromatic N) is 2. The maximum absolute atomic E-state index is 13.1. The van der Waals surface area contributed by atoms with Gasteiger partial charge in [0.1, 0.15) is 5.82 Å². The van der Waals surface area contributed by atoms with E-state index in [1.807, 2.05) is 45.0 Å². The Bertz CT molecular complexity index is 711. The van der Waals surface area contributed by atoms with Crippen molar-refractivity contribution in [3.05, 3.63) is 46.1 Å². The molecule has 0 spiro atoms. The molecule has 2 N–H and O–H groups in total. The van der Waals surface area contributed by atoms with E-state index in [0.29, 0.717) is 6.54 Å². The highest BCUT2D eigenvalue weighted by Crippen LogP contribution is 2.30. The van der Waals surface area contributed by atoms with Crippen LogP contribution in [0.1, 0.15) is 32.0 Å². The summed E-state index contributed by atoms with van der Waals surface area (Å²) in [5.74, 6) is 0.0479. The van der Waals surface area contributed by atoms with Gasteiger partial charge in [0.2, 0.25) is 5.95 Å². The first-order valence-electron chi connectivity index (χ1n) is 7.26. The van der Waals surface area contributed by atoms with Gasteiger partial charge in [-0.2, -0.15) is 18.2 Å². The molecule has 0 radical (unpaired) electrons. The van der Waals surface area contributed by atoms with Crippen molar-refractivity contribution in [1.29, 1.82) is 0 Å². The minimum absolute atomic E-state index is 0.0630. The Kier molecular flexibility index (Phi) is 5.37. The van der Waals surface area contributed by atoms with Crippen LogP contribution in [0.3, 0.4) is 0 Å². The highest BCUT2D eigenvalue weighted by atomic mass is 79.9. The summed E-state index contributed by atoms with van der Waals surface area (Å²) in [5.41, 5.74) is -0.530. The molecule has 0 saturated heterocycles. The van der Waals surface area contributed by atoms with Crippen molar-refractivity contribution in [3.8, 4) is 0 Å². The molecule has 1 aromatic carbocycles. The molecule has 0 fully saturated rings. The standard InChI is InChI=1S/C16H18BrF3N4/c1-15(2,3)24-14-22-12(16(18,19)20)8-13(23-14)21-9-10-6-4-5-7-11(10)17/h4-8H,9H2,1-3H3,(H2,21,22,23,24). The molecule has 0 bridgehead atoms. The first-order chi connectivity index (χ1) is 11.0. The maximum Gasteiger partial charge on any atom is 0.433 e. The van der Waals surface area contributed by atoms with Crippen LogP contribution in [-0.4, -0.2) is 15.5 Å². The molecule has 0 amide bonds. The number of alkyl halides is 3. The average Bonchev–Trinajstić information content (AvgIpc) is 2.43. The van der Waals surface area contributed by atoms with E-state index in [4.69, 9.17) is 0 Å². The van der Waals surface area contributed by atoms with E-state index < -0.39 is 17.4 Å². The maximum atomic E-state index is 13.1. The van der Waals surface area contributed by atoms with Crippen LogP contribution in [0, 0.1) is 0 Å². The normalized spacial score (nSPS) is 12.1. The third-order valence-corrected chi connectivity index (χ3v) is 3.69. The van der Waals surface area contributed by atoms with E-state index in [1.54, 1.807) is 0 Å². The Balaban J connectivity index is 2.28. The van der Waals surface area contributed by atoms with Crippen LogP contribution in [0.15, 0.2) is 34.8 Å². The molecule has 0 unspecified atom stereocenters. The van der Waals surface area contributed by atoms with Gasteiger partial charge in [-0.3, -0.25) is 0 Å². The Labute approximate surface area is 147 Å². The van der Waals surface area contributed by atoms with Crippen molar-refractivity contribution in [2.24, 2.45) is 0 Å². The van der Waals surface area contributed by atoms with Crippen molar-refractivity contribution in [1.82, 2.24) is 9.97 Å². The molecule has 0 saturated carbocycles. The Morgan fingerprint density at radius 3 is 2.33 bits per heavy atom. The number of hydrogen-bond acceptors (Lipinski definition) is 4. The van der Waals surface area contributed by atoms with Crippen LogP contribution in [0.4, 0.5) is 24.9 Å². The monoisotopic (exact) mass is 402 g/mol. The van der Waals surface area contributed by atoms with E-state index in [2.05, 4.69) is 36.5 Å². The summed E-state index contributed by atoms with van der Waals surface area (Å²) < 4.78 is 40.0. The van der Waals surface area contributed by atoms with E-state index in [1.165, 1.54) is 0 Å². The summed E-state index contributed by atoms with van der Waals surface area (Å²) in [7, 11) is 0. The van der Waals surface area contributed by atoms with E-state index >= 15 is 0 Å². The average molecular weight is 403 g/mol. The van der Waals surface area contributed by atoms with Crippen molar-refractivity contribution >= 4 is 27.7 Å². The van der Waals surface area contributed by atoms with Gasteiger partial charge in [0.15, 0.2) is 5.69 Å². The summed E-state index contributed by atoms with van der Waals surface area (Å²) in [6.07, 6.45) is -4.54. The third-order valence-electron chi connectivity index (χ3n) is 2.92. The zero-order valence-corrected chi connectivity index (χ0v) is 15.1. The van der Waals surface area contributed by atoms with Crippen LogP contribution in [0.5, 0.6) is 0 Å². The molecule has 0 aliphatic heterocycles. The molecule has 2 rings (SSSR count). The molecule has 1 aromatic heterocycles. The Hall–Kier alpha value is -1.83. The molecule has 24 heavy (non-hydrogen) atoms. The second-order valence-corrected chi connectivity index (χ2v) is 7.13. The van der Waals surface area contributed by atoms with Crippen LogP contribution in [0.2, 0.25) is 0 Å². The number of nitrogens with one attached hydrogen (secondary N) is 2. The molecule has 2 aromatic rings. The zero-order valence-electron chi connectivity index (χ0n) is 13.5. The molecular formula is C16H18BrF3N4. The summed E-state index contributed by atoms with van der Waals surface area (Å²) in [6.45, 7) is 5.81. The highest BCUT2D eigenvalue weighted by Gasteiger charge is 2.34. The van der Waals surface area contributed by atoms with Gasteiger partial charge in [-0.1, -0.05) is 34.1 Å². The lowest BCUT2D eigenvalue weighted by atomic mass is 10.1. The predicted octanol–water partition coefficient (Wildman–Crippen LogP) is 5.08. The van der Waals surface area contributed by atoms with Gasteiger partial charge >= 0.3 is 6.18 Å². The van der Waals surface area contributed by atoms with Gasteiger partial charge in [0.05, 0.1) is 0 Å². The number of halogens is 4. The minimum Gasteiger partial charge on any atom is -0.366 e. The summed E-state index contributed by atoms with van der Waals surface area (Å²) in [5, 5.41) is 5.79. The quantitative estimate of drug-likeness (QED) is 0.748. The first-order valence-corrected chi connectivity index (χ1v) is 8.06. The second-order valence-electron chi connectivity index (χ2n) is 6.28. The highest BCUT2D eigenvalue weighted by molar-refractivity contribution is 9.10. The van der Waals surface area contributed by atoms with Gasteiger partial charge in [-0.15, -0.1) is 0 Å². The summed E-state index contributed by atoms with van der Waals surface area (Å²) >= 11 is 3.41. The van der Waals surface area contributed by atoms with Gasteiger partial charge in [-0.25, -0.2) is 4.98 Å². The number of hydrogen-bond donors (Lipinski definition) is 2. The summed E-state index contributed by atoms with van der Waals surface area (Å²) in [6, 6.07) is 8.37. The zero-order chi connectivity index (χ0) is 18.0. The van der Waals surface area contributed by atoms with Crippen LogP contribution >= 0.6 is 15.9 Å². The topological polar surface area (TPSA) is 49.8 Å². The van der Waals surface area contributed by atoms with E-state index in [9.17, 15) is 13.2 Å². The van der Waals surface area contributed by atoms with Crippen LogP contribution < -0.4 is 10.6 Å². The first kappa shape index (κ1) is 18.5. The smallest absolute Gasteiger partial charge is 0.366 e. The molecular weight excluding hydrogens is 385 g/mol. The fraction of sp³-hybridized carbons (Fsp3) is 0.375. The van der Waals surface area contributed by atoms with Gasteiger partial charge in [0, 0.05) is 22.6 Å². The Morgan fingerprint density at radius 2 is 1.75 bits per heavy atom. The van der Waals surface area contributed by atoms with Gasteiger partial charge < -0.3 is 10.6 Å². The number of anilines is 2. The number of benzene rings is 1. The molecule has 0 aliphatic rings. The minimum atomic E-state index is -4.54. The SMILES string of the molecule is CC(C)(C)Nc1nc(NCc2ccccc2Br)cc(C(F)(F)F)n1. The number of rotatable bonds is 4. The molecule has 0 atom stereocenters. The fourth-order valence-electron chi connectivity index (χ4n) is 1.90. The lowest BCUT2D eigenvalue weighted by molar-refractivity contribution is -0.141. The van der Waals surface area contributed by atoms with Gasteiger partial charge in [0.25, 0.3) is 0 Å². The van der Waals surface area contributed by atoms with Gasteiger partial charge in [-0.05, 0) is 32.4 Å². The van der Waals surface area contributed by atoms with Crippen molar-refractivity contribution in [2.75, 3.05) is 10.6 Å². The fourth-order valence-corrected chi connectivity index (χ4v) is 2.33. The van der Waals surface area contributed by atoms with E-state index in [0.717, 1.165) is 16.1 Å². The van der Waals surface area contributed by atoms with E-state index in [-0.39, 0.29) is 11.8 Å². The second kappa shape index (κ2) is 6.96. The van der Waals surface area contributed by atoms with Crippen molar-refractivity contribution < 1.29 is 13.2 Å².